The van der Waals surface area contributed by atoms with Gasteiger partial charge in [-0.1, -0.05) is 29.1 Å². The largest absolute Gasteiger partial charge is 0.392 e. The molecule has 4 nitrogen and oxygen atoms in total. The fourth-order valence-corrected chi connectivity index (χ4v) is 1.30. The predicted molar refractivity (Wildman–Crippen MR) is 62.6 cm³/mol. The molecule has 0 unspecified atom stereocenters. The summed E-state index contributed by atoms with van der Waals surface area (Å²) in [6, 6.07) is 5.66. The van der Waals surface area contributed by atoms with Crippen molar-refractivity contribution in [2.24, 2.45) is 5.11 Å². The van der Waals surface area contributed by atoms with Crippen LogP contribution in [0.2, 0.25) is 0 Å². The summed E-state index contributed by atoms with van der Waals surface area (Å²) in [5.74, 6) is 5.93. The Kier molecular flexibility index (Phi) is 4.94. The highest BCUT2D eigenvalue weighted by Crippen LogP contribution is 2.12. The van der Waals surface area contributed by atoms with Crippen LogP contribution in [0.5, 0.6) is 0 Å². The molecule has 0 aliphatic heterocycles. The number of benzene rings is 1. The van der Waals surface area contributed by atoms with Crippen molar-refractivity contribution < 1.29 is 5.11 Å². The van der Waals surface area contributed by atoms with E-state index in [0.717, 1.165) is 16.7 Å². The minimum absolute atomic E-state index is 0.0279. The van der Waals surface area contributed by atoms with Crippen LogP contribution in [0.25, 0.3) is 10.4 Å². The molecule has 0 spiro atoms. The van der Waals surface area contributed by atoms with Crippen LogP contribution < -0.4 is 0 Å². The second-order valence-corrected chi connectivity index (χ2v) is 3.25. The molecule has 1 aromatic rings. The Bertz CT molecular complexity index is 465. The Labute approximate surface area is 94.5 Å². The number of azide groups is 1. The smallest absolute Gasteiger partial charge is 0.0684 e. The van der Waals surface area contributed by atoms with Gasteiger partial charge < -0.3 is 5.11 Å². The molecule has 0 saturated carbocycles. The summed E-state index contributed by atoms with van der Waals surface area (Å²) >= 11 is 0. The zero-order valence-electron chi connectivity index (χ0n) is 9.14. The van der Waals surface area contributed by atoms with E-state index in [1.165, 1.54) is 0 Å². The van der Waals surface area contributed by atoms with Crippen LogP contribution in [0, 0.1) is 18.8 Å². The molecule has 1 N–H and O–H groups in total. The maximum Gasteiger partial charge on any atom is 0.0684 e. The maximum absolute atomic E-state index is 9.08. The minimum atomic E-state index is 0.0279. The van der Waals surface area contributed by atoms with Crippen molar-refractivity contribution in [1.29, 1.82) is 0 Å². The van der Waals surface area contributed by atoms with Gasteiger partial charge >= 0.3 is 0 Å². The molecule has 0 saturated heterocycles. The Morgan fingerprint density at radius 2 is 2.31 bits per heavy atom. The molecule has 0 aliphatic carbocycles. The van der Waals surface area contributed by atoms with Crippen LogP contribution >= 0.6 is 0 Å². The van der Waals surface area contributed by atoms with E-state index >= 15 is 0 Å². The van der Waals surface area contributed by atoms with Crippen LogP contribution in [-0.2, 0) is 6.61 Å². The first-order valence-corrected chi connectivity index (χ1v) is 4.98. The summed E-state index contributed by atoms with van der Waals surface area (Å²) < 4.78 is 0. The molecular weight excluding hydrogens is 202 g/mol. The van der Waals surface area contributed by atoms with Crippen molar-refractivity contribution in [3.8, 4) is 11.8 Å². The van der Waals surface area contributed by atoms with Gasteiger partial charge in [0.2, 0.25) is 0 Å². The third-order valence-corrected chi connectivity index (χ3v) is 2.24. The lowest BCUT2D eigenvalue weighted by Gasteiger charge is -2.03. The second kappa shape index (κ2) is 6.52. The lowest BCUT2D eigenvalue weighted by molar-refractivity contribution is 0.281. The number of rotatable bonds is 3. The number of hydrogen-bond donors (Lipinski definition) is 1. The average Bonchev–Trinajstić information content (AvgIpc) is 2.31. The van der Waals surface area contributed by atoms with Gasteiger partial charge in [0.15, 0.2) is 0 Å². The average molecular weight is 215 g/mol. The Balaban J connectivity index is 2.76. The van der Waals surface area contributed by atoms with Gasteiger partial charge in [0.25, 0.3) is 0 Å². The quantitative estimate of drug-likeness (QED) is 0.272. The monoisotopic (exact) mass is 215 g/mol. The van der Waals surface area contributed by atoms with Crippen LogP contribution in [0.15, 0.2) is 23.3 Å². The minimum Gasteiger partial charge on any atom is -0.392 e. The first-order chi connectivity index (χ1) is 7.79. The van der Waals surface area contributed by atoms with Crippen molar-refractivity contribution in [2.75, 3.05) is 6.54 Å². The molecule has 82 valence electrons. The van der Waals surface area contributed by atoms with E-state index in [4.69, 9.17) is 10.6 Å². The molecule has 0 fully saturated rings. The third-order valence-electron chi connectivity index (χ3n) is 2.24. The SMILES string of the molecule is Cc1c(C#CCCN=[N+]=[N-])cccc1CO. The highest BCUT2D eigenvalue weighted by atomic mass is 16.3. The van der Waals surface area contributed by atoms with E-state index in [0.29, 0.717) is 13.0 Å². The van der Waals surface area contributed by atoms with Crippen LogP contribution in [-0.4, -0.2) is 11.7 Å². The summed E-state index contributed by atoms with van der Waals surface area (Å²) in [6.07, 6.45) is 0.548. The van der Waals surface area contributed by atoms with Crippen LogP contribution in [0.1, 0.15) is 23.1 Å². The first kappa shape index (κ1) is 12.1. The van der Waals surface area contributed by atoms with Crippen molar-refractivity contribution in [3.63, 3.8) is 0 Å². The molecule has 0 radical (unpaired) electrons. The summed E-state index contributed by atoms with van der Waals surface area (Å²) in [5, 5.41) is 12.5. The third kappa shape index (κ3) is 3.32. The van der Waals surface area contributed by atoms with Gasteiger partial charge in [-0.05, 0) is 29.6 Å². The van der Waals surface area contributed by atoms with E-state index < -0.39 is 0 Å². The second-order valence-electron chi connectivity index (χ2n) is 3.25. The number of hydrogen-bond acceptors (Lipinski definition) is 2. The fraction of sp³-hybridized carbons (Fsp3) is 0.333. The summed E-state index contributed by atoms with van der Waals surface area (Å²) in [4.78, 5) is 2.65. The van der Waals surface area contributed by atoms with Crippen LogP contribution in [0.4, 0.5) is 0 Å². The molecule has 1 aromatic carbocycles. The molecular formula is C12H13N3O. The molecule has 0 heterocycles. The molecule has 0 amide bonds. The van der Waals surface area contributed by atoms with E-state index in [1.54, 1.807) is 0 Å². The molecule has 0 aromatic heterocycles. The molecule has 1 rings (SSSR count). The first-order valence-electron chi connectivity index (χ1n) is 4.98. The highest BCUT2D eigenvalue weighted by molar-refractivity contribution is 5.44. The molecule has 0 atom stereocenters. The van der Waals surface area contributed by atoms with Gasteiger partial charge in [-0.25, -0.2) is 0 Å². The normalized spacial score (nSPS) is 8.88. The van der Waals surface area contributed by atoms with E-state index in [9.17, 15) is 0 Å². The van der Waals surface area contributed by atoms with Gasteiger partial charge in [0.05, 0.1) is 6.61 Å². The summed E-state index contributed by atoms with van der Waals surface area (Å²) in [5.41, 5.74) is 10.9. The van der Waals surface area contributed by atoms with Crippen molar-refractivity contribution in [3.05, 3.63) is 45.3 Å². The van der Waals surface area contributed by atoms with Crippen molar-refractivity contribution >= 4 is 0 Å². The Hall–Kier alpha value is -1.95. The van der Waals surface area contributed by atoms with Gasteiger partial charge in [0, 0.05) is 23.4 Å². The lowest BCUT2D eigenvalue weighted by Crippen LogP contribution is -1.91. The van der Waals surface area contributed by atoms with E-state index in [1.807, 2.05) is 25.1 Å². The number of aliphatic hydroxyl groups excluding tert-OH is 1. The highest BCUT2D eigenvalue weighted by Gasteiger charge is 1.99. The standard InChI is InChI=1S/C12H13N3O/c1-10-11(5-2-3-8-14-15-13)6-4-7-12(10)9-16/h4,6-7,16H,3,8-9H2,1H3. The number of aliphatic hydroxyl groups is 1. The summed E-state index contributed by atoms with van der Waals surface area (Å²) in [7, 11) is 0. The molecule has 16 heavy (non-hydrogen) atoms. The summed E-state index contributed by atoms with van der Waals surface area (Å²) in [6.45, 7) is 2.35. The van der Waals surface area contributed by atoms with E-state index in [2.05, 4.69) is 21.9 Å². The van der Waals surface area contributed by atoms with Gasteiger partial charge in [-0.15, -0.1) is 0 Å². The maximum atomic E-state index is 9.08. The Morgan fingerprint density at radius 1 is 1.50 bits per heavy atom. The fourth-order valence-electron chi connectivity index (χ4n) is 1.30. The molecule has 4 heteroatoms. The van der Waals surface area contributed by atoms with Gasteiger partial charge in [-0.3, -0.25) is 0 Å². The van der Waals surface area contributed by atoms with E-state index in [-0.39, 0.29) is 6.61 Å². The van der Waals surface area contributed by atoms with Crippen LogP contribution in [0.3, 0.4) is 0 Å². The van der Waals surface area contributed by atoms with Crippen molar-refractivity contribution in [2.45, 2.75) is 20.0 Å². The molecule has 0 bridgehead atoms. The van der Waals surface area contributed by atoms with Gasteiger partial charge in [0.1, 0.15) is 0 Å². The topological polar surface area (TPSA) is 69.0 Å². The van der Waals surface area contributed by atoms with Gasteiger partial charge in [-0.2, -0.15) is 0 Å². The number of nitrogens with zero attached hydrogens (tertiary/aromatic N) is 3. The molecule has 0 aliphatic rings. The zero-order chi connectivity index (χ0) is 11.8. The lowest BCUT2D eigenvalue weighted by atomic mass is 10.0. The zero-order valence-corrected chi connectivity index (χ0v) is 9.14. The Morgan fingerprint density at radius 3 is 3.00 bits per heavy atom. The predicted octanol–water partition coefficient (Wildman–Crippen LogP) is 2.54. The van der Waals surface area contributed by atoms with Crippen molar-refractivity contribution in [1.82, 2.24) is 0 Å².